The summed E-state index contributed by atoms with van der Waals surface area (Å²) in [4.78, 5) is 29.0. The van der Waals surface area contributed by atoms with Gasteiger partial charge in [0.25, 0.3) is 11.2 Å². The zero-order chi connectivity index (χ0) is 25.9. The van der Waals surface area contributed by atoms with E-state index in [0.29, 0.717) is 48.8 Å². The van der Waals surface area contributed by atoms with Crippen molar-refractivity contribution in [3.63, 3.8) is 0 Å². The molecular formula is C26H26N6O5. The number of anilines is 2. The van der Waals surface area contributed by atoms with Crippen LogP contribution in [0, 0.1) is 17.0 Å². The first-order valence-electron chi connectivity index (χ1n) is 12.0. The molecule has 3 N–H and O–H groups in total. The largest absolute Gasteiger partial charge is 0.444 e. The van der Waals surface area contributed by atoms with Gasteiger partial charge in [0.15, 0.2) is 12.2 Å². The summed E-state index contributed by atoms with van der Waals surface area (Å²) in [5, 5.41) is 32.0. The van der Waals surface area contributed by atoms with Gasteiger partial charge >= 0.3 is 0 Å². The van der Waals surface area contributed by atoms with Crippen molar-refractivity contribution >= 4 is 17.1 Å². The number of benzene rings is 2. The number of hydrogen-bond donors (Lipinski definition) is 3. The Kier molecular flexibility index (Phi) is 6.69. The first-order chi connectivity index (χ1) is 18.0. The van der Waals surface area contributed by atoms with Crippen molar-refractivity contribution in [1.29, 1.82) is 0 Å². The molecule has 1 aliphatic heterocycles. The van der Waals surface area contributed by atoms with Gasteiger partial charge in [0.2, 0.25) is 0 Å². The number of fused-ring (bicyclic) bond motifs is 1. The first-order valence-corrected chi connectivity index (χ1v) is 12.0. The van der Waals surface area contributed by atoms with Crippen molar-refractivity contribution in [3.8, 4) is 28.3 Å². The number of aromatic nitrogens is 3. The molecule has 37 heavy (non-hydrogen) atoms. The van der Waals surface area contributed by atoms with Gasteiger partial charge in [0.1, 0.15) is 11.4 Å². The average molecular weight is 503 g/mol. The SMILES string of the molecule is Cc1cc(-c2cnco2)cc(-c2nn(-c3cc(NCCCO)ccc3[N+](=O)[O-])c(=O)c3c2CCCN3)c1. The molecule has 190 valence electrons. The van der Waals surface area contributed by atoms with Crippen LogP contribution in [0.15, 0.2) is 58.2 Å². The third-order valence-corrected chi connectivity index (χ3v) is 6.23. The fraction of sp³-hybridized carbons (Fsp3) is 0.269. The van der Waals surface area contributed by atoms with Crippen molar-refractivity contribution in [3.05, 3.63) is 80.6 Å². The van der Waals surface area contributed by atoms with Crippen molar-refractivity contribution in [2.75, 3.05) is 30.3 Å². The Morgan fingerprint density at radius 2 is 2.08 bits per heavy atom. The number of nitrogens with one attached hydrogen (secondary N) is 2. The summed E-state index contributed by atoms with van der Waals surface area (Å²) in [5.41, 5.74) is 4.23. The standard InChI is InChI=1S/C26H26N6O5/c1-16-10-17(23-14-27-15-37-23)12-18(11-16)24-20-4-2-7-29-25(20)26(34)31(30-24)22-13-19(28-8-3-9-33)5-6-21(22)32(35)36/h5-6,10-15,28-29,33H,2-4,7-9H2,1H3. The van der Waals surface area contributed by atoms with Crippen LogP contribution < -0.4 is 16.2 Å². The molecule has 0 unspecified atom stereocenters. The van der Waals surface area contributed by atoms with Gasteiger partial charge in [-0.3, -0.25) is 14.9 Å². The van der Waals surface area contributed by atoms with E-state index in [1.165, 1.54) is 12.5 Å². The van der Waals surface area contributed by atoms with Gasteiger partial charge in [-0.25, -0.2) is 4.98 Å². The maximum atomic E-state index is 13.6. The minimum absolute atomic E-state index is 0.0141. The number of aryl methyl sites for hydroxylation is 1. The summed E-state index contributed by atoms with van der Waals surface area (Å²) >= 11 is 0. The summed E-state index contributed by atoms with van der Waals surface area (Å²) in [5.74, 6) is 0.600. The monoisotopic (exact) mass is 502 g/mol. The number of nitro benzene ring substituents is 1. The molecule has 0 fully saturated rings. The molecule has 0 atom stereocenters. The van der Waals surface area contributed by atoms with Gasteiger partial charge in [-0.05, 0) is 62.1 Å². The van der Waals surface area contributed by atoms with Gasteiger partial charge < -0.3 is 20.2 Å². The molecule has 0 saturated heterocycles. The molecule has 11 nitrogen and oxygen atoms in total. The van der Waals surface area contributed by atoms with Crippen molar-refractivity contribution < 1.29 is 14.4 Å². The third kappa shape index (κ3) is 4.81. The van der Waals surface area contributed by atoms with Crippen LogP contribution in [0.4, 0.5) is 17.1 Å². The second-order valence-corrected chi connectivity index (χ2v) is 8.87. The zero-order valence-corrected chi connectivity index (χ0v) is 20.2. The summed E-state index contributed by atoms with van der Waals surface area (Å²) in [7, 11) is 0. The highest BCUT2D eigenvalue weighted by molar-refractivity contribution is 5.76. The van der Waals surface area contributed by atoms with Crippen molar-refractivity contribution in [2.45, 2.75) is 26.2 Å². The predicted molar refractivity (Wildman–Crippen MR) is 139 cm³/mol. The molecular weight excluding hydrogens is 476 g/mol. The molecule has 0 radical (unpaired) electrons. The first kappa shape index (κ1) is 24.2. The average Bonchev–Trinajstić information content (AvgIpc) is 3.44. The smallest absolute Gasteiger partial charge is 0.295 e. The maximum absolute atomic E-state index is 13.6. The summed E-state index contributed by atoms with van der Waals surface area (Å²) in [6.07, 6.45) is 4.98. The number of rotatable bonds is 8. The second kappa shape index (κ2) is 10.2. The molecule has 0 aliphatic carbocycles. The third-order valence-electron chi connectivity index (χ3n) is 6.23. The highest BCUT2D eigenvalue weighted by Gasteiger charge is 2.26. The Labute approximate surface area is 211 Å². The molecule has 0 amide bonds. The summed E-state index contributed by atoms with van der Waals surface area (Å²) in [6.45, 7) is 3.06. The van der Waals surface area contributed by atoms with E-state index in [4.69, 9.17) is 14.6 Å². The normalized spacial score (nSPS) is 12.6. The summed E-state index contributed by atoms with van der Waals surface area (Å²) in [6, 6.07) is 10.3. The van der Waals surface area contributed by atoms with E-state index >= 15 is 0 Å². The van der Waals surface area contributed by atoms with E-state index in [0.717, 1.165) is 33.4 Å². The van der Waals surface area contributed by atoms with Crippen LogP contribution in [0.2, 0.25) is 0 Å². The maximum Gasteiger partial charge on any atom is 0.295 e. The van der Waals surface area contributed by atoms with E-state index in [1.807, 2.05) is 25.1 Å². The van der Waals surface area contributed by atoms with Crippen LogP contribution in [-0.2, 0) is 6.42 Å². The number of hydrogen-bond acceptors (Lipinski definition) is 9. The Hall–Kier alpha value is -4.51. The molecule has 0 bridgehead atoms. The molecule has 1 aliphatic rings. The number of nitrogens with zero attached hydrogens (tertiary/aromatic N) is 4. The number of aliphatic hydroxyl groups is 1. The number of oxazole rings is 1. The number of aliphatic hydroxyl groups excluding tert-OH is 1. The van der Waals surface area contributed by atoms with Crippen LogP contribution >= 0.6 is 0 Å². The lowest BCUT2D eigenvalue weighted by Crippen LogP contribution is -2.30. The number of nitro groups is 1. The molecule has 0 saturated carbocycles. The fourth-order valence-corrected chi connectivity index (χ4v) is 4.55. The predicted octanol–water partition coefficient (Wildman–Crippen LogP) is 3.92. The van der Waals surface area contributed by atoms with Gasteiger partial charge in [0.05, 0.1) is 16.8 Å². The Morgan fingerprint density at radius 3 is 2.84 bits per heavy atom. The van der Waals surface area contributed by atoms with Crippen LogP contribution in [0.3, 0.4) is 0 Å². The van der Waals surface area contributed by atoms with E-state index in [2.05, 4.69) is 15.6 Å². The highest BCUT2D eigenvalue weighted by atomic mass is 16.6. The summed E-state index contributed by atoms with van der Waals surface area (Å²) < 4.78 is 6.60. The lowest BCUT2D eigenvalue weighted by atomic mass is 9.96. The quantitative estimate of drug-likeness (QED) is 0.185. The topological polar surface area (TPSA) is 148 Å². The van der Waals surface area contributed by atoms with Crippen LogP contribution in [-0.4, -0.2) is 44.5 Å². The van der Waals surface area contributed by atoms with E-state index in [1.54, 1.807) is 18.3 Å². The van der Waals surface area contributed by atoms with Crippen LogP contribution in [0.25, 0.3) is 28.3 Å². The molecule has 11 heteroatoms. The minimum atomic E-state index is -0.526. The van der Waals surface area contributed by atoms with Crippen molar-refractivity contribution in [1.82, 2.24) is 14.8 Å². The molecule has 2 aromatic carbocycles. The van der Waals surface area contributed by atoms with Crippen molar-refractivity contribution in [2.24, 2.45) is 0 Å². The Balaban J connectivity index is 1.72. The highest BCUT2D eigenvalue weighted by Crippen LogP contribution is 2.34. The zero-order valence-electron chi connectivity index (χ0n) is 20.2. The van der Waals surface area contributed by atoms with Gasteiger partial charge in [-0.1, -0.05) is 0 Å². The van der Waals surface area contributed by atoms with E-state index in [-0.39, 0.29) is 18.0 Å². The fourth-order valence-electron chi connectivity index (χ4n) is 4.55. The second-order valence-electron chi connectivity index (χ2n) is 8.87. The molecule has 4 aromatic rings. The molecule has 0 spiro atoms. The minimum Gasteiger partial charge on any atom is -0.444 e. The van der Waals surface area contributed by atoms with Gasteiger partial charge in [0, 0.05) is 48.1 Å². The molecule has 3 heterocycles. The Morgan fingerprint density at radius 1 is 1.24 bits per heavy atom. The lowest BCUT2D eigenvalue weighted by molar-refractivity contribution is -0.384. The van der Waals surface area contributed by atoms with E-state index < -0.39 is 10.5 Å². The van der Waals surface area contributed by atoms with Crippen LogP contribution in [0.5, 0.6) is 0 Å². The Bertz CT molecular complexity index is 1510. The lowest BCUT2D eigenvalue weighted by Gasteiger charge is -2.22. The molecule has 2 aromatic heterocycles. The van der Waals surface area contributed by atoms with E-state index in [9.17, 15) is 14.9 Å². The van der Waals surface area contributed by atoms with Gasteiger partial charge in [-0.2, -0.15) is 9.78 Å². The molecule has 5 rings (SSSR count). The van der Waals surface area contributed by atoms with Crippen LogP contribution in [0.1, 0.15) is 24.0 Å². The van der Waals surface area contributed by atoms with Gasteiger partial charge in [-0.15, -0.1) is 0 Å².